The summed E-state index contributed by atoms with van der Waals surface area (Å²) >= 11 is 5.74. The fourth-order valence-electron chi connectivity index (χ4n) is 1.32. The zero-order valence-electron chi connectivity index (χ0n) is 9.27. The van der Waals surface area contributed by atoms with Gasteiger partial charge in [0.25, 0.3) is 0 Å². The molecule has 1 unspecified atom stereocenters. The van der Waals surface area contributed by atoms with E-state index in [1.54, 1.807) is 13.0 Å². The van der Waals surface area contributed by atoms with Crippen LogP contribution in [0.5, 0.6) is 5.75 Å². The van der Waals surface area contributed by atoms with E-state index in [0.29, 0.717) is 4.47 Å². The standard InChI is InChI=1S/C11H10Br2F4O/c1-2-18-8-4-3-6(12)5-7(8)9(13)11(16,17)10(14)15/h3-5,9-10H,2H2,1H3. The molecule has 0 saturated carbocycles. The zero-order chi connectivity index (χ0) is 13.9. The van der Waals surface area contributed by atoms with Crippen molar-refractivity contribution in [2.75, 3.05) is 6.61 Å². The fraction of sp³-hybridized carbons (Fsp3) is 0.455. The Labute approximate surface area is 119 Å². The number of hydrogen-bond donors (Lipinski definition) is 0. The summed E-state index contributed by atoms with van der Waals surface area (Å²) in [6.45, 7) is 1.94. The summed E-state index contributed by atoms with van der Waals surface area (Å²) in [7, 11) is 0. The van der Waals surface area contributed by atoms with E-state index >= 15 is 0 Å². The lowest BCUT2D eigenvalue weighted by Gasteiger charge is -2.23. The minimum atomic E-state index is -4.17. The molecule has 1 atom stereocenters. The molecule has 1 nitrogen and oxygen atoms in total. The van der Waals surface area contributed by atoms with Crippen molar-refractivity contribution in [2.24, 2.45) is 0 Å². The molecule has 18 heavy (non-hydrogen) atoms. The normalized spacial score (nSPS) is 13.8. The van der Waals surface area contributed by atoms with Gasteiger partial charge in [-0.05, 0) is 25.1 Å². The van der Waals surface area contributed by atoms with E-state index in [1.807, 2.05) is 0 Å². The van der Waals surface area contributed by atoms with Gasteiger partial charge in [0, 0.05) is 10.0 Å². The summed E-state index contributed by atoms with van der Waals surface area (Å²) in [5.74, 6) is -4.02. The molecule has 0 amide bonds. The Morgan fingerprint density at radius 3 is 2.44 bits per heavy atom. The summed E-state index contributed by atoms with van der Waals surface area (Å²) in [5.41, 5.74) is -0.0171. The second-order valence-corrected chi connectivity index (χ2v) is 5.28. The molecule has 0 aromatic heterocycles. The van der Waals surface area contributed by atoms with Gasteiger partial charge in [-0.25, -0.2) is 8.78 Å². The monoisotopic (exact) mass is 392 g/mol. The van der Waals surface area contributed by atoms with Gasteiger partial charge in [-0.3, -0.25) is 0 Å². The van der Waals surface area contributed by atoms with Gasteiger partial charge in [-0.15, -0.1) is 0 Å². The first kappa shape index (κ1) is 15.8. The van der Waals surface area contributed by atoms with E-state index in [9.17, 15) is 17.6 Å². The molecule has 0 saturated heterocycles. The number of alkyl halides is 5. The molecule has 1 rings (SSSR count). The second-order valence-electron chi connectivity index (χ2n) is 3.45. The summed E-state index contributed by atoms with van der Waals surface area (Å²) in [6, 6.07) is 4.38. The van der Waals surface area contributed by atoms with Gasteiger partial charge in [-0.2, -0.15) is 8.78 Å². The zero-order valence-corrected chi connectivity index (χ0v) is 12.4. The van der Waals surface area contributed by atoms with Crippen molar-refractivity contribution in [3.05, 3.63) is 28.2 Å². The summed E-state index contributed by atoms with van der Waals surface area (Å²) < 4.78 is 57.0. The predicted octanol–water partition coefficient (Wildman–Crippen LogP) is 5.18. The Kier molecular flexibility index (Phi) is 5.46. The van der Waals surface area contributed by atoms with Crippen molar-refractivity contribution in [3.8, 4) is 5.75 Å². The van der Waals surface area contributed by atoms with Crippen molar-refractivity contribution >= 4 is 31.9 Å². The van der Waals surface area contributed by atoms with E-state index in [4.69, 9.17) is 4.74 Å². The summed E-state index contributed by atoms with van der Waals surface area (Å²) in [5, 5.41) is 0. The molecule has 0 fully saturated rings. The van der Waals surface area contributed by atoms with Crippen LogP contribution in [0.1, 0.15) is 17.3 Å². The van der Waals surface area contributed by atoms with Crippen LogP contribution in [-0.4, -0.2) is 19.0 Å². The molecule has 1 aromatic carbocycles. The Morgan fingerprint density at radius 2 is 1.94 bits per heavy atom. The Balaban J connectivity index is 3.18. The van der Waals surface area contributed by atoms with Crippen LogP contribution in [0, 0.1) is 0 Å². The first-order valence-electron chi connectivity index (χ1n) is 5.03. The number of hydrogen-bond acceptors (Lipinski definition) is 1. The molecule has 102 valence electrons. The quantitative estimate of drug-likeness (QED) is 0.494. The van der Waals surface area contributed by atoms with Crippen LogP contribution >= 0.6 is 31.9 Å². The van der Waals surface area contributed by atoms with Crippen molar-refractivity contribution in [1.82, 2.24) is 0 Å². The highest BCUT2D eigenvalue weighted by Crippen LogP contribution is 2.46. The average Bonchev–Trinajstić information content (AvgIpc) is 2.30. The third kappa shape index (κ3) is 3.38. The molecule has 1 aromatic rings. The molecule has 7 heteroatoms. The summed E-state index contributed by atoms with van der Waals surface area (Å²) in [4.78, 5) is -1.82. The van der Waals surface area contributed by atoms with Gasteiger partial charge in [0.05, 0.1) is 6.61 Å². The average molecular weight is 394 g/mol. The van der Waals surface area contributed by atoms with Crippen LogP contribution in [0.15, 0.2) is 22.7 Å². The SMILES string of the molecule is CCOc1ccc(Br)cc1C(Br)C(F)(F)C(F)F. The highest BCUT2D eigenvalue weighted by molar-refractivity contribution is 9.10. The lowest BCUT2D eigenvalue weighted by Crippen LogP contribution is -2.31. The van der Waals surface area contributed by atoms with Crippen molar-refractivity contribution < 1.29 is 22.3 Å². The third-order valence-corrected chi connectivity index (χ3v) is 3.77. The minimum absolute atomic E-state index is 0.0171. The first-order chi connectivity index (χ1) is 8.30. The third-order valence-electron chi connectivity index (χ3n) is 2.17. The molecular formula is C11H10Br2F4O. The van der Waals surface area contributed by atoms with Crippen molar-refractivity contribution in [2.45, 2.75) is 24.1 Å². The highest BCUT2D eigenvalue weighted by atomic mass is 79.9. The molecular weight excluding hydrogens is 384 g/mol. The molecule has 0 N–H and O–H groups in total. The van der Waals surface area contributed by atoms with Crippen LogP contribution in [0.3, 0.4) is 0 Å². The minimum Gasteiger partial charge on any atom is -0.494 e. The molecule has 0 bridgehead atoms. The molecule has 0 radical (unpaired) electrons. The van der Waals surface area contributed by atoms with E-state index in [1.165, 1.54) is 12.1 Å². The second kappa shape index (κ2) is 6.23. The maximum absolute atomic E-state index is 13.3. The van der Waals surface area contributed by atoms with Crippen LogP contribution in [0.25, 0.3) is 0 Å². The van der Waals surface area contributed by atoms with Crippen LogP contribution in [-0.2, 0) is 0 Å². The fourth-order valence-corrected chi connectivity index (χ4v) is 2.26. The lowest BCUT2D eigenvalue weighted by molar-refractivity contribution is -0.128. The maximum Gasteiger partial charge on any atom is 0.323 e. The van der Waals surface area contributed by atoms with Crippen molar-refractivity contribution in [1.29, 1.82) is 0 Å². The van der Waals surface area contributed by atoms with Crippen molar-refractivity contribution in [3.63, 3.8) is 0 Å². The molecule has 0 aliphatic heterocycles. The molecule has 0 aliphatic rings. The Bertz CT molecular complexity index is 412. The van der Waals surface area contributed by atoms with Gasteiger partial charge in [0.2, 0.25) is 0 Å². The maximum atomic E-state index is 13.3. The Hall–Kier alpha value is -0.300. The van der Waals surface area contributed by atoms with E-state index in [0.717, 1.165) is 0 Å². The largest absolute Gasteiger partial charge is 0.494 e. The van der Waals surface area contributed by atoms with Crippen LogP contribution < -0.4 is 4.74 Å². The topological polar surface area (TPSA) is 9.23 Å². The Morgan fingerprint density at radius 1 is 1.33 bits per heavy atom. The molecule has 0 heterocycles. The number of ether oxygens (including phenoxy) is 1. The number of rotatable bonds is 5. The lowest BCUT2D eigenvalue weighted by atomic mass is 10.1. The number of halogens is 6. The van der Waals surface area contributed by atoms with E-state index < -0.39 is 17.2 Å². The summed E-state index contributed by atoms with van der Waals surface area (Å²) in [6.07, 6.45) is -3.75. The first-order valence-corrected chi connectivity index (χ1v) is 6.73. The van der Waals surface area contributed by atoms with E-state index in [2.05, 4.69) is 31.9 Å². The van der Waals surface area contributed by atoms with Gasteiger partial charge >= 0.3 is 12.3 Å². The predicted molar refractivity (Wildman–Crippen MR) is 67.9 cm³/mol. The van der Waals surface area contributed by atoms with Crippen LogP contribution in [0.4, 0.5) is 17.6 Å². The van der Waals surface area contributed by atoms with Gasteiger partial charge < -0.3 is 4.74 Å². The van der Waals surface area contributed by atoms with Crippen LogP contribution in [0.2, 0.25) is 0 Å². The number of benzene rings is 1. The smallest absolute Gasteiger partial charge is 0.323 e. The van der Waals surface area contributed by atoms with Gasteiger partial charge in [0.15, 0.2) is 0 Å². The van der Waals surface area contributed by atoms with Gasteiger partial charge in [-0.1, -0.05) is 31.9 Å². The highest BCUT2D eigenvalue weighted by Gasteiger charge is 2.49. The molecule has 0 aliphatic carbocycles. The molecule has 0 spiro atoms. The van der Waals surface area contributed by atoms with E-state index in [-0.39, 0.29) is 17.9 Å². The van der Waals surface area contributed by atoms with Gasteiger partial charge in [0.1, 0.15) is 10.6 Å².